The van der Waals surface area contributed by atoms with Crippen molar-refractivity contribution in [2.24, 2.45) is 0 Å². The maximum absolute atomic E-state index is 12.1. The van der Waals surface area contributed by atoms with Gasteiger partial charge in [-0.1, -0.05) is 18.2 Å². The first-order valence-corrected chi connectivity index (χ1v) is 7.52. The molecule has 2 amide bonds. The number of urea groups is 1. The Balaban J connectivity index is 1.61. The normalized spacial score (nSPS) is 13.2. The monoisotopic (exact) mass is 325 g/mol. The van der Waals surface area contributed by atoms with Crippen LogP contribution in [-0.4, -0.2) is 17.7 Å². The Kier molecular flexibility index (Phi) is 4.64. The summed E-state index contributed by atoms with van der Waals surface area (Å²) in [5.41, 5.74) is 9.76. The second-order valence-corrected chi connectivity index (χ2v) is 5.36. The minimum Gasteiger partial charge on any atom is -0.390 e. The molecule has 0 saturated carbocycles. The number of carbonyl (C=O) groups is 1. The van der Waals surface area contributed by atoms with Crippen molar-refractivity contribution in [2.45, 2.75) is 6.92 Å². The number of para-hydroxylation sites is 1. The summed E-state index contributed by atoms with van der Waals surface area (Å²) in [5.74, 6) is 0. The smallest absolute Gasteiger partial charge is 0.323 e. The SMILES string of the molecule is Cc1ccccc1NC(=O)Nc1ccc(N2C=C(CO)NN2)cc1. The number of nitrogens with one attached hydrogen (secondary N) is 4. The molecule has 24 heavy (non-hydrogen) atoms. The van der Waals surface area contributed by atoms with Crippen LogP contribution in [0.15, 0.2) is 60.4 Å². The molecule has 0 saturated heterocycles. The molecule has 0 radical (unpaired) electrons. The van der Waals surface area contributed by atoms with Crippen LogP contribution < -0.4 is 26.6 Å². The van der Waals surface area contributed by atoms with Crippen LogP contribution in [0.1, 0.15) is 5.56 Å². The van der Waals surface area contributed by atoms with E-state index in [4.69, 9.17) is 5.11 Å². The summed E-state index contributed by atoms with van der Waals surface area (Å²) in [5, 5.41) is 16.4. The molecule has 2 aromatic rings. The molecule has 7 nitrogen and oxygen atoms in total. The Hall–Kier alpha value is -3.03. The summed E-state index contributed by atoms with van der Waals surface area (Å²) in [6.45, 7) is 1.87. The summed E-state index contributed by atoms with van der Waals surface area (Å²) in [6, 6.07) is 14.6. The molecule has 1 aliphatic heterocycles. The fraction of sp³-hybridized carbons (Fsp3) is 0.118. The summed E-state index contributed by atoms with van der Waals surface area (Å²) in [7, 11) is 0. The molecule has 2 aromatic carbocycles. The third-order valence-electron chi connectivity index (χ3n) is 3.59. The van der Waals surface area contributed by atoms with Gasteiger partial charge in [-0.25, -0.2) is 4.79 Å². The fourth-order valence-corrected chi connectivity index (χ4v) is 2.28. The number of nitrogens with zero attached hydrogens (tertiary/aromatic N) is 1. The number of aliphatic hydroxyl groups excluding tert-OH is 1. The molecule has 3 rings (SSSR count). The minimum absolute atomic E-state index is 0.0672. The Morgan fingerprint density at radius 1 is 1.12 bits per heavy atom. The van der Waals surface area contributed by atoms with E-state index in [-0.39, 0.29) is 12.6 Å². The first kappa shape index (κ1) is 15.9. The number of carbonyl (C=O) groups excluding carboxylic acids is 1. The molecule has 0 unspecified atom stereocenters. The highest BCUT2D eigenvalue weighted by Gasteiger charge is 2.12. The van der Waals surface area contributed by atoms with Gasteiger partial charge in [0.05, 0.1) is 18.0 Å². The lowest BCUT2D eigenvalue weighted by Gasteiger charge is -2.16. The van der Waals surface area contributed by atoms with E-state index < -0.39 is 0 Å². The highest BCUT2D eigenvalue weighted by atomic mass is 16.3. The van der Waals surface area contributed by atoms with Gasteiger partial charge < -0.3 is 21.2 Å². The number of amides is 2. The highest BCUT2D eigenvalue weighted by Crippen LogP contribution is 2.19. The van der Waals surface area contributed by atoms with Gasteiger partial charge >= 0.3 is 6.03 Å². The molecule has 5 N–H and O–H groups in total. The second kappa shape index (κ2) is 7.03. The number of hydrogen-bond acceptors (Lipinski definition) is 5. The van der Waals surface area contributed by atoms with Gasteiger partial charge in [0.1, 0.15) is 0 Å². The number of hydrazine groups is 2. The van der Waals surface area contributed by atoms with E-state index in [1.165, 1.54) is 0 Å². The summed E-state index contributed by atoms with van der Waals surface area (Å²) in [4.78, 5) is 12.1. The number of benzene rings is 2. The van der Waals surface area contributed by atoms with Gasteiger partial charge in [0, 0.05) is 17.6 Å². The Bertz CT molecular complexity index is 758. The van der Waals surface area contributed by atoms with Crippen molar-refractivity contribution >= 4 is 23.1 Å². The lowest BCUT2D eigenvalue weighted by Crippen LogP contribution is -2.36. The van der Waals surface area contributed by atoms with Crippen molar-refractivity contribution in [3.8, 4) is 0 Å². The Morgan fingerprint density at radius 2 is 1.88 bits per heavy atom. The Labute approximate surface area is 139 Å². The van der Waals surface area contributed by atoms with Gasteiger partial charge in [0.25, 0.3) is 0 Å². The lowest BCUT2D eigenvalue weighted by molar-refractivity contribution is 0.262. The van der Waals surface area contributed by atoms with E-state index in [0.29, 0.717) is 11.4 Å². The van der Waals surface area contributed by atoms with Crippen molar-refractivity contribution in [1.29, 1.82) is 0 Å². The van der Waals surface area contributed by atoms with Crippen LogP contribution in [0.3, 0.4) is 0 Å². The first-order valence-electron chi connectivity index (χ1n) is 7.52. The van der Waals surface area contributed by atoms with E-state index in [0.717, 1.165) is 16.9 Å². The lowest BCUT2D eigenvalue weighted by atomic mass is 10.2. The molecule has 0 bridgehead atoms. The molecule has 1 heterocycles. The van der Waals surface area contributed by atoms with Crippen LogP contribution in [0.5, 0.6) is 0 Å². The maximum Gasteiger partial charge on any atom is 0.323 e. The van der Waals surface area contributed by atoms with Crippen LogP contribution in [0.4, 0.5) is 21.9 Å². The molecule has 0 spiro atoms. The van der Waals surface area contributed by atoms with Gasteiger partial charge in [-0.15, -0.1) is 5.53 Å². The van der Waals surface area contributed by atoms with Crippen molar-refractivity contribution in [2.75, 3.05) is 22.2 Å². The maximum atomic E-state index is 12.1. The standard InChI is InChI=1S/C17H19N5O2/c1-12-4-2-3-5-16(12)19-17(24)18-13-6-8-15(9-7-13)22-10-14(11-23)20-21-22/h2-10,20-21,23H,11H2,1H3,(H2,18,19,24). The van der Waals surface area contributed by atoms with Gasteiger partial charge in [0.2, 0.25) is 0 Å². The van der Waals surface area contributed by atoms with Crippen LogP contribution in [0, 0.1) is 6.92 Å². The third-order valence-corrected chi connectivity index (χ3v) is 3.59. The zero-order valence-corrected chi connectivity index (χ0v) is 13.2. The number of aryl methyl sites for hydroxylation is 1. The third kappa shape index (κ3) is 3.65. The second-order valence-electron chi connectivity index (χ2n) is 5.36. The summed E-state index contributed by atoms with van der Waals surface area (Å²) < 4.78 is 0. The predicted octanol–water partition coefficient (Wildman–Crippen LogP) is 2.30. The zero-order valence-electron chi connectivity index (χ0n) is 13.2. The Morgan fingerprint density at radius 3 is 2.54 bits per heavy atom. The first-order chi connectivity index (χ1) is 11.7. The van der Waals surface area contributed by atoms with E-state index in [9.17, 15) is 4.79 Å². The predicted molar refractivity (Wildman–Crippen MR) is 94.2 cm³/mol. The van der Waals surface area contributed by atoms with Gasteiger partial charge in [-0.05, 0) is 42.8 Å². The van der Waals surface area contributed by atoms with E-state index in [1.807, 2.05) is 43.3 Å². The molecule has 0 atom stereocenters. The number of aliphatic hydroxyl groups is 1. The largest absolute Gasteiger partial charge is 0.390 e. The van der Waals surface area contributed by atoms with Crippen molar-refractivity contribution in [1.82, 2.24) is 11.0 Å². The fourth-order valence-electron chi connectivity index (χ4n) is 2.28. The van der Waals surface area contributed by atoms with Gasteiger partial charge in [-0.3, -0.25) is 5.01 Å². The van der Waals surface area contributed by atoms with Gasteiger partial charge in [-0.2, -0.15) is 0 Å². The summed E-state index contributed by atoms with van der Waals surface area (Å²) in [6.07, 6.45) is 1.76. The van der Waals surface area contributed by atoms with Crippen LogP contribution >= 0.6 is 0 Å². The average molecular weight is 325 g/mol. The number of hydrogen-bond donors (Lipinski definition) is 5. The van der Waals surface area contributed by atoms with E-state index in [2.05, 4.69) is 21.6 Å². The van der Waals surface area contributed by atoms with Crippen LogP contribution in [0.25, 0.3) is 0 Å². The van der Waals surface area contributed by atoms with Crippen LogP contribution in [0.2, 0.25) is 0 Å². The van der Waals surface area contributed by atoms with Crippen molar-refractivity contribution in [3.05, 3.63) is 66.0 Å². The topological polar surface area (TPSA) is 88.7 Å². The van der Waals surface area contributed by atoms with Crippen LogP contribution in [-0.2, 0) is 0 Å². The molecular formula is C17H19N5O2. The quantitative estimate of drug-likeness (QED) is 0.595. The van der Waals surface area contributed by atoms with Crippen molar-refractivity contribution < 1.29 is 9.90 Å². The molecule has 0 fully saturated rings. The number of anilines is 3. The molecule has 7 heteroatoms. The summed E-state index contributed by atoms with van der Waals surface area (Å²) >= 11 is 0. The molecule has 0 aliphatic carbocycles. The average Bonchev–Trinajstić information content (AvgIpc) is 3.07. The van der Waals surface area contributed by atoms with Gasteiger partial charge in [0.15, 0.2) is 0 Å². The molecule has 0 aromatic heterocycles. The highest BCUT2D eigenvalue weighted by molar-refractivity contribution is 6.00. The van der Waals surface area contributed by atoms with E-state index >= 15 is 0 Å². The zero-order chi connectivity index (χ0) is 16.9. The van der Waals surface area contributed by atoms with Crippen molar-refractivity contribution in [3.63, 3.8) is 0 Å². The molecule has 124 valence electrons. The molecular weight excluding hydrogens is 306 g/mol. The minimum atomic E-state index is -0.291. The number of rotatable bonds is 4. The van der Waals surface area contributed by atoms with E-state index in [1.54, 1.807) is 23.3 Å². The molecule has 1 aliphatic rings.